The van der Waals surface area contributed by atoms with Crippen molar-refractivity contribution in [2.45, 2.75) is 33.7 Å². The van der Waals surface area contributed by atoms with Crippen molar-refractivity contribution >= 4 is 5.91 Å². The molecule has 0 unspecified atom stereocenters. The first-order valence-corrected chi connectivity index (χ1v) is 11.5. The lowest BCUT2D eigenvalue weighted by Crippen LogP contribution is -2.39. The van der Waals surface area contributed by atoms with E-state index in [1.807, 2.05) is 43.0 Å². The number of nitrogens with zero attached hydrogens (tertiary/aromatic N) is 6. The summed E-state index contributed by atoms with van der Waals surface area (Å²) in [6, 6.07) is 10.0. The summed E-state index contributed by atoms with van der Waals surface area (Å²) in [5.74, 6) is -0.0951. The average Bonchev–Trinajstić information content (AvgIpc) is 3.20. The summed E-state index contributed by atoms with van der Waals surface area (Å²) >= 11 is 0. The Morgan fingerprint density at radius 3 is 2.55 bits per heavy atom. The molecule has 2 aromatic heterocycles. The number of hydrogen-bond acceptors (Lipinski definition) is 6. The van der Waals surface area contributed by atoms with Crippen molar-refractivity contribution in [2.75, 3.05) is 39.4 Å². The van der Waals surface area contributed by atoms with Gasteiger partial charge in [0.15, 0.2) is 5.69 Å². The first kappa shape index (κ1) is 23.1. The molecule has 33 heavy (non-hydrogen) atoms. The first-order valence-electron chi connectivity index (χ1n) is 11.5. The number of benzene rings is 1. The SMILES string of the molecule is Cc1ccc(-n2nc(C)c(C(=O)N(CCCN3CCOCC3)Cc3ccncc3)n2)c(C)c1. The molecule has 0 spiro atoms. The van der Waals surface area contributed by atoms with Crippen LogP contribution in [0.1, 0.15) is 39.3 Å². The lowest BCUT2D eigenvalue weighted by atomic mass is 10.1. The molecule has 1 aliphatic rings. The van der Waals surface area contributed by atoms with Gasteiger partial charge in [0.25, 0.3) is 5.91 Å². The van der Waals surface area contributed by atoms with E-state index in [1.54, 1.807) is 17.2 Å². The number of aromatic nitrogens is 4. The highest BCUT2D eigenvalue weighted by Gasteiger charge is 2.23. The number of pyridine rings is 1. The van der Waals surface area contributed by atoms with Crippen molar-refractivity contribution in [3.05, 3.63) is 70.8 Å². The summed E-state index contributed by atoms with van der Waals surface area (Å²) in [6.45, 7) is 11.5. The summed E-state index contributed by atoms with van der Waals surface area (Å²) in [5.41, 5.74) is 5.21. The number of aryl methyl sites for hydroxylation is 3. The predicted octanol–water partition coefficient (Wildman–Crippen LogP) is 2.95. The van der Waals surface area contributed by atoms with Crippen LogP contribution >= 0.6 is 0 Å². The molecule has 3 heterocycles. The second-order valence-corrected chi connectivity index (χ2v) is 8.60. The second-order valence-electron chi connectivity index (χ2n) is 8.60. The Morgan fingerprint density at radius 2 is 1.82 bits per heavy atom. The molecule has 1 saturated heterocycles. The van der Waals surface area contributed by atoms with Crippen molar-refractivity contribution in [3.8, 4) is 5.69 Å². The molecule has 0 saturated carbocycles. The van der Waals surface area contributed by atoms with Gasteiger partial charge in [-0.2, -0.15) is 9.90 Å². The van der Waals surface area contributed by atoms with Crippen LogP contribution in [0.3, 0.4) is 0 Å². The Balaban J connectivity index is 1.52. The van der Waals surface area contributed by atoms with Crippen LogP contribution in [0.15, 0.2) is 42.7 Å². The first-order chi connectivity index (χ1) is 16.0. The average molecular weight is 449 g/mol. The van der Waals surface area contributed by atoms with E-state index in [-0.39, 0.29) is 5.91 Å². The number of carbonyl (C=O) groups excluding carboxylic acids is 1. The molecule has 0 bridgehead atoms. The fraction of sp³-hybridized carbons (Fsp3) is 0.440. The Labute approximate surface area is 195 Å². The van der Waals surface area contributed by atoms with Gasteiger partial charge in [-0.25, -0.2) is 0 Å². The van der Waals surface area contributed by atoms with E-state index < -0.39 is 0 Å². The minimum atomic E-state index is -0.0951. The highest BCUT2D eigenvalue weighted by molar-refractivity contribution is 5.93. The normalized spacial score (nSPS) is 14.4. The summed E-state index contributed by atoms with van der Waals surface area (Å²) in [7, 11) is 0. The van der Waals surface area contributed by atoms with Gasteiger partial charge >= 0.3 is 0 Å². The number of rotatable bonds is 8. The van der Waals surface area contributed by atoms with Crippen LogP contribution in [0.4, 0.5) is 0 Å². The molecule has 3 aromatic rings. The Hall–Kier alpha value is -3.10. The van der Waals surface area contributed by atoms with Crippen molar-refractivity contribution in [3.63, 3.8) is 0 Å². The highest BCUT2D eigenvalue weighted by atomic mass is 16.5. The molecule has 1 aliphatic heterocycles. The van der Waals surface area contributed by atoms with Gasteiger partial charge in [-0.1, -0.05) is 17.7 Å². The van der Waals surface area contributed by atoms with Gasteiger partial charge in [0, 0.05) is 45.1 Å². The number of ether oxygens (including phenoxy) is 1. The van der Waals surface area contributed by atoms with Crippen LogP contribution in [-0.2, 0) is 11.3 Å². The Bertz CT molecular complexity index is 1080. The highest BCUT2D eigenvalue weighted by Crippen LogP contribution is 2.17. The molecule has 0 N–H and O–H groups in total. The third-order valence-electron chi connectivity index (χ3n) is 5.97. The number of morpholine rings is 1. The van der Waals surface area contributed by atoms with Gasteiger partial charge in [0.2, 0.25) is 0 Å². The lowest BCUT2D eigenvalue weighted by Gasteiger charge is -2.28. The molecule has 1 amide bonds. The molecule has 8 heteroatoms. The predicted molar refractivity (Wildman–Crippen MR) is 126 cm³/mol. The smallest absolute Gasteiger partial charge is 0.276 e. The zero-order chi connectivity index (χ0) is 23.2. The molecule has 0 atom stereocenters. The lowest BCUT2D eigenvalue weighted by molar-refractivity contribution is 0.0355. The van der Waals surface area contributed by atoms with Crippen LogP contribution in [0.25, 0.3) is 5.69 Å². The maximum absolute atomic E-state index is 13.6. The van der Waals surface area contributed by atoms with Gasteiger partial charge in [-0.3, -0.25) is 14.7 Å². The van der Waals surface area contributed by atoms with Gasteiger partial charge in [-0.15, -0.1) is 5.10 Å². The van der Waals surface area contributed by atoms with Crippen LogP contribution in [0.2, 0.25) is 0 Å². The topological polar surface area (TPSA) is 76.4 Å². The maximum atomic E-state index is 13.6. The molecule has 1 fully saturated rings. The molecule has 174 valence electrons. The maximum Gasteiger partial charge on any atom is 0.276 e. The zero-order valence-corrected chi connectivity index (χ0v) is 19.7. The zero-order valence-electron chi connectivity index (χ0n) is 19.7. The van der Waals surface area contributed by atoms with Crippen molar-refractivity contribution in [1.29, 1.82) is 0 Å². The van der Waals surface area contributed by atoms with Crippen molar-refractivity contribution in [2.24, 2.45) is 0 Å². The van der Waals surface area contributed by atoms with Crippen molar-refractivity contribution < 1.29 is 9.53 Å². The summed E-state index contributed by atoms with van der Waals surface area (Å²) in [4.78, 5) is 23.5. The second kappa shape index (κ2) is 10.7. The van der Waals surface area contributed by atoms with Crippen LogP contribution in [0.5, 0.6) is 0 Å². The van der Waals surface area contributed by atoms with E-state index in [0.717, 1.165) is 56.1 Å². The number of carbonyl (C=O) groups is 1. The fourth-order valence-electron chi connectivity index (χ4n) is 4.13. The molecule has 1 aromatic carbocycles. The minimum Gasteiger partial charge on any atom is -0.379 e. The molecular formula is C25H32N6O2. The van der Waals surface area contributed by atoms with Gasteiger partial charge in [0.05, 0.1) is 24.6 Å². The van der Waals surface area contributed by atoms with E-state index in [0.29, 0.717) is 24.5 Å². The Kier molecular flexibility index (Phi) is 7.47. The summed E-state index contributed by atoms with van der Waals surface area (Å²) in [6.07, 6.45) is 4.40. The number of amides is 1. The van der Waals surface area contributed by atoms with E-state index in [2.05, 4.69) is 33.1 Å². The fourth-order valence-corrected chi connectivity index (χ4v) is 4.13. The van der Waals surface area contributed by atoms with Crippen molar-refractivity contribution in [1.82, 2.24) is 29.8 Å². The van der Waals surface area contributed by atoms with Crippen LogP contribution in [-0.4, -0.2) is 75.1 Å². The van der Waals surface area contributed by atoms with Crippen LogP contribution < -0.4 is 0 Å². The third-order valence-corrected chi connectivity index (χ3v) is 5.97. The van der Waals surface area contributed by atoms with Gasteiger partial charge < -0.3 is 9.64 Å². The van der Waals surface area contributed by atoms with E-state index >= 15 is 0 Å². The standard InChI is InChI=1S/C25H32N6O2/c1-19-5-6-23(20(2)17-19)31-27-21(3)24(28-31)25(32)30(18-22-7-9-26-10-8-22)12-4-11-29-13-15-33-16-14-29/h5-10,17H,4,11-16,18H2,1-3H3. The molecular weight excluding hydrogens is 416 g/mol. The monoisotopic (exact) mass is 448 g/mol. The van der Waals surface area contributed by atoms with Gasteiger partial charge in [0.1, 0.15) is 0 Å². The molecule has 0 radical (unpaired) electrons. The summed E-state index contributed by atoms with van der Waals surface area (Å²) < 4.78 is 5.44. The van der Waals surface area contributed by atoms with Gasteiger partial charge in [-0.05, 0) is 56.5 Å². The minimum absolute atomic E-state index is 0.0951. The van der Waals surface area contributed by atoms with E-state index in [9.17, 15) is 4.79 Å². The molecule has 4 rings (SSSR count). The molecule has 8 nitrogen and oxygen atoms in total. The summed E-state index contributed by atoms with van der Waals surface area (Å²) in [5, 5.41) is 9.17. The largest absolute Gasteiger partial charge is 0.379 e. The Morgan fingerprint density at radius 1 is 1.06 bits per heavy atom. The van der Waals surface area contributed by atoms with E-state index in [4.69, 9.17) is 4.74 Å². The third kappa shape index (κ3) is 5.83. The number of hydrogen-bond donors (Lipinski definition) is 0. The van der Waals surface area contributed by atoms with E-state index in [1.165, 1.54) is 5.56 Å². The quantitative estimate of drug-likeness (QED) is 0.527. The van der Waals surface area contributed by atoms with Crippen LogP contribution in [0, 0.1) is 20.8 Å². The molecule has 0 aliphatic carbocycles.